The minimum absolute atomic E-state index is 0.00677. The first kappa shape index (κ1) is 12.5. The molecule has 0 amide bonds. The van der Waals surface area contributed by atoms with Gasteiger partial charge in [0.05, 0.1) is 11.5 Å². The molecule has 1 aliphatic rings. The molecular weight excluding hydrogens is 258 g/mol. The molecule has 1 fully saturated rings. The molecule has 0 atom stereocenters. The van der Waals surface area contributed by atoms with Gasteiger partial charge in [-0.2, -0.15) is 0 Å². The van der Waals surface area contributed by atoms with Gasteiger partial charge in [0.15, 0.2) is 5.78 Å². The number of nitrogens with zero attached hydrogens (tertiary/aromatic N) is 3. The third-order valence-corrected chi connectivity index (χ3v) is 3.51. The fraction of sp³-hybridized carbons (Fsp3) is 0.286. The van der Waals surface area contributed by atoms with Crippen LogP contribution in [0.1, 0.15) is 12.8 Å². The molecule has 2 heterocycles. The fourth-order valence-electron chi connectivity index (χ4n) is 2.61. The SMILES string of the molecule is O=C1CCCN(c2ccnc3c([N+](=O)[O-])cccc23)C1. The molecule has 0 radical (unpaired) electrons. The first-order valence-corrected chi connectivity index (χ1v) is 6.45. The first-order valence-electron chi connectivity index (χ1n) is 6.45. The van der Waals surface area contributed by atoms with Crippen LogP contribution in [0.2, 0.25) is 0 Å². The molecule has 102 valence electrons. The lowest BCUT2D eigenvalue weighted by Crippen LogP contribution is -2.35. The maximum atomic E-state index is 11.6. The van der Waals surface area contributed by atoms with Gasteiger partial charge in [-0.3, -0.25) is 14.9 Å². The fourth-order valence-corrected chi connectivity index (χ4v) is 2.61. The Morgan fingerprint density at radius 1 is 1.30 bits per heavy atom. The highest BCUT2D eigenvalue weighted by molar-refractivity contribution is 5.98. The zero-order chi connectivity index (χ0) is 14.1. The number of hydrogen-bond donors (Lipinski definition) is 0. The van der Waals surface area contributed by atoms with E-state index in [1.54, 1.807) is 12.3 Å². The second-order valence-corrected chi connectivity index (χ2v) is 4.82. The van der Waals surface area contributed by atoms with Gasteiger partial charge in [-0.05, 0) is 12.5 Å². The van der Waals surface area contributed by atoms with Crippen LogP contribution in [0.3, 0.4) is 0 Å². The van der Waals surface area contributed by atoms with Gasteiger partial charge in [0, 0.05) is 36.3 Å². The Hall–Kier alpha value is -2.50. The molecule has 6 heteroatoms. The summed E-state index contributed by atoms with van der Waals surface area (Å²) in [6.45, 7) is 1.15. The van der Waals surface area contributed by atoms with E-state index in [0.717, 1.165) is 24.0 Å². The Labute approximate surface area is 115 Å². The minimum Gasteiger partial charge on any atom is -0.364 e. The predicted molar refractivity (Wildman–Crippen MR) is 74.9 cm³/mol. The number of carbonyl (C=O) groups is 1. The summed E-state index contributed by atoms with van der Waals surface area (Å²) in [5.74, 6) is 0.201. The predicted octanol–water partition coefficient (Wildman–Crippen LogP) is 2.31. The number of aromatic nitrogens is 1. The molecule has 3 rings (SSSR count). The van der Waals surface area contributed by atoms with Crippen LogP contribution >= 0.6 is 0 Å². The van der Waals surface area contributed by atoms with Crippen LogP contribution in [0, 0.1) is 10.1 Å². The molecule has 1 aromatic heterocycles. The van der Waals surface area contributed by atoms with E-state index in [9.17, 15) is 14.9 Å². The van der Waals surface area contributed by atoms with Gasteiger partial charge < -0.3 is 4.90 Å². The standard InChI is InChI=1S/C14H13N3O3/c18-10-3-2-8-16(9-10)12-6-7-15-14-11(12)4-1-5-13(14)17(19)20/h1,4-7H,2-3,8-9H2. The lowest BCUT2D eigenvalue weighted by molar-refractivity contribution is -0.383. The highest BCUT2D eigenvalue weighted by Gasteiger charge is 2.21. The van der Waals surface area contributed by atoms with Gasteiger partial charge >= 0.3 is 0 Å². The molecule has 0 unspecified atom stereocenters. The van der Waals surface area contributed by atoms with Crippen molar-refractivity contribution in [3.8, 4) is 0 Å². The van der Waals surface area contributed by atoms with E-state index in [1.807, 2.05) is 17.0 Å². The Balaban J connectivity index is 2.14. The summed E-state index contributed by atoms with van der Waals surface area (Å²) in [7, 11) is 0. The van der Waals surface area contributed by atoms with Crippen LogP contribution in [-0.2, 0) is 4.79 Å². The second kappa shape index (κ2) is 4.88. The minimum atomic E-state index is -0.430. The summed E-state index contributed by atoms with van der Waals surface area (Å²) in [5.41, 5.74) is 1.20. The first-order chi connectivity index (χ1) is 9.66. The van der Waals surface area contributed by atoms with Gasteiger partial charge in [-0.1, -0.05) is 12.1 Å². The maximum absolute atomic E-state index is 11.6. The van der Waals surface area contributed by atoms with Gasteiger partial charge in [-0.25, -0.2) is 4.98 Å². The highest BCUT2D eigenvalue weighted by atomic mass is 16.6. The quantitative estimate of drug-likeness (QED) is 0.618. The largest absolute Gasteiger partial charge is 0.364 e. The van der Waals surface area contributed by atoms with Crippen LogP contribution in [0.4, 0.5) is 11.4 Å². The molecule has 20 heavy (non-hydrogen) atoms. The van der Waals surface area contributed by atoms with E-state index in [2.05, 4.69) is 4.98 Å². The molecule has 1 saturated heterocycles. The van der Waals surface area contributed by atoms with Crippen molar-refractivity contribution in [2.45, 2.75) is 12.8 Å². The summed E-state index contributed by atoms with van der Waals surface area (Å²) in [5, 5.41) is 11.8. The molecule has 0 bridgehead atoms. The smallest absolute Gasteiger partial charge is 0.295 e. The summed E-state index contributed by atoms with van der Waals surface area (Å²) < 4.78 is 0. The number of anilines is 1. The number of ketones is 1. The van der Waals surface area contributed by atoms with Gasteiger partial charge in [0.1, 0.15) is 5.52 Å². The van der Waals surface area contributed by atoms with Gasteiger partial charge in [-0.15, -0.1) is 0 Å². The van der Waals surface area contributed by atoms with Crippen molar-refractivity contribution < 1.29 is 9.72 Å². The number of para-hydroxylation sites is 1. The van der Waals surface area contributed by atoms with E-state index in [-0.39, 0.29) is 11.5 Å². The topological polar surface area (TPSA) is 76.3 Å². The summed E-state index contributed by atoms with van der Waals surface area (Å²) in [4.78, 5) is 28.3. The highest BCUT2D eigenvalue weighted by Crippen LogP contribution is 2.31. The van der Waals surface area contributed by atoms with Crippen LogP contribution in [0.25, 0.3) is 10.9 Å². The van der Waals surface area contributed by atoms with Crippen LogP contribution in [-0.4, -0.2) is 28.8 Å². The molecule has 0 N–H and O–H groups in total. The van der Waals surface area contributed by atoms with Gasteiger partial charge in [0.25, 0.3) is 5.69 Å². The third kappa shape index (κ3) is 2.09. The number of nitro benzene ring substituents is 1. The molecule has 2 aromatic rings. The zero-order valence-electron chi connectivity index (χ0n) is 10.8. The van der Waals surface area contributed by atoms with Crippen molar-refractivity contribution in [3.63, 3.8) is 0 Å². The summed E-state index contributed by atoms with van der Waals surface area (Å²) in [6.07, 6.45) is 2.99. The number of hydrogen-bond acceptors (Lipinski definition) is 5. The van der Waals surface area contributed by atoms with E-state index < -0.39 is 4.92 Å². The van der Waals surface area contributed by atoms with Crippen molar-refractivity contribution in [2.24, 2.45) is 0 Å². The Morgan fingerprint density at radius 3 is 2.90 bits per heavy atom. The van der Waals surface area contributed by atoms with Crippen LogP contribution < -0.4 is 4.90 Å². The number of benzene rings is 1. The average Bonchev–Trinajstić information content (AvgIpc) is 2.45. The van der Waals surface area contributed by atoms with Crippen molar-refractivity contribution in [1.29, 1.82) is 0 Å². The number of pyridine rings is 1. The number of non-ortho nitro benzene ring substituents is 1. The van der Waals surface area contributed by atoms with E-state index in [1.165, 1.54) is 6.07 Å². The molecule has 1 aromatic carbocycles. The Bertz CT molecular complexity index is 699. The van der Waals surface area contributed by atoms with E-state index in [4.69, 9.17) is 0 Å². The number of nitro groups is 1. The normalized spacial score (nSPS) is 15.6. The van der Waals surface area contributed by atoms with Crippen molar-refractivity contribution in [3.05, 3.63) is 40.6 Å². The lowest BCUT2D eigenvalue weighted by Gasteiger charge is -2.28. The molecule has 1 aliphatic heterocycles. The summed E-state index contributed by atoms with van der Waals surface area (Å²) >= 11 is 0. The van der Waals surface area contributed by atoms with E-state index in [0.29, 0.717) is 18.5 Å². The van der Waals surface area contributed by atoms with Crippen LogP contribution in [0.15, 0.2) is 30.5 Å². The Morgan fingerprint density at radius 2 is 2.15 bits per heavy atom. The number of rotatable bonds is 2. The van der Waals surface area contributed by atoms with Gasteiger partial charge in [0.2, 0.25) is 0 Å². The number of fused-ring (bicyclic) bond motifs is 1. The number of piperidine rings is 1. The molecule has 0 spiro atoms. The number of Topliss-reactive ketones (excluding diaryl/α,β-unsaturated/α-hetero) is 1. The van der Waals surface area contributed by atoms with Crippen molar-refractivity contribution in [1.82, 2.24) is 4.98 Å². The maximum Gasteiger partial charge on any atom is 0.295 e. The molecule has 6 nitrogen and oxygen atoms in total. The Kier molecular flexibility index (Phi) is 3.06. The van der Waals surface area contributed by atoms with Crippen molar-refractivity contribution >= 4 is 28.1 Å². The summed E-state index contributed by atoms with van der Waals surface area (Å²) in [6, 6.07) is 6.71. The average molecular weight is 271 g/mol. The number of carbonyl (C=O) groups excluding carboxylic acids is 1. The zero-order valence-corrected chi connectivity index (χ0v) is 10.8. The molecule has 0 aliphatic carbocycles. The third-order valence-electron chi connectivity index (χ3n) is 3.51. The monoisotopic (exact) mass is 271 g/mol. The molecule has 0 saturated carbocycles. The second-order valence-electron chi connectivity index (χ2n) is 4.82. The lowest BCUT2D eigenvalue weighted by atomic mass is 10.1. The van der Waals surface area contributed by atoms with Crippen molar-refractivity contribution in [2.75, 3.05) is 18.0 Å². The van der Waals surface area contributed by atoms with Crippen LogP contribution in [0.5, 0.6) is 0 Å². The van der Waals surface area contributed by atoms with E-state index >= 15 is 0 Å². The molecular formula is C14H13N3O3.